The molecular weight excluding hydrogens is 412 g/mol. The van der Waals surface area contributed by atoms with Crippen LogP contribution in [0.25, 0.3) is 0 Å². The first-order valence-electron chi connectivity index (χ1n) is 11.9. The van der Waals surface area contributed by atoms with Crippen LogP contribution in [0.4, 0.5) is 13.6 Å². The molecule has 7 heteroatoms. The molecular formula is C25H37F2N3O2. The van der Waals surface area contributed by atoms with Crippen LogP contribution in [0, 0.1) is 5.41 Å². The third-order valence-corrected chi connectivity index (χ3v) is 7.28. The molecule has 0 aliphatic carbocycles. The maximum Gasteiger partial charge on any atom is 0.410 e. The van der Waals surface area contributed by atoms with Crippen molar-refractivity contribution in [1.29, 1.82) is 0 Å². The summed E-state index contributed by atoms with van der Waals surface area (Å²) in [6.07, 6.45) is 2.91. The number of alkyl halides is 2. The zero-order valence-corrected chi connectivity index (χ0v) is 19.7. The minimum atomic E-state index is -2.71. The first-order valence-corrected chi connectivity index (χ1v) is 11.9. The molecule has 3 fully saturated rings. The van der Waals surface area contributed by atoms with Gasteiger partial charge in [-0.2, -0.15) is 0 Å². The zero-order chi connectivity index (χ0) is 23.0. The Labute approximate surface area is 190 Å². The summed E-state index contributed by atoms with van der Waals surface area (Å²) < 4.78 is 35.8. The highest BCUT2D eigenvalue weighted by molar-refractivity contribution is 5.68. The number of amides is 1. The van der Waals surface area contributed by atoms with Crippen LogP contribution in [0.3, 0.4) is 0 Å². The lowest BCUT2D eigenvalue weighted by atomic mass is 9.77. The van der Waals surface area contributed by atoms with E-state index in [0.29, 0.717) is 45.7 Å². The lowest BCUT2D eigenvalue weighted by molar-refractivity contribution is -0.136. The monoisotopic (exact) mass is 449 g/mol. The minimum Gasteiger partial charge on any atom is -0.444 e. The van der Waals surface area contributed by atoms with E-state index in [0.717, 1.165) is 24.8 Å². The smallest absolute Gasteiger partial charge is 0.410 e. The van der Waals surface area contributed by atoms with Crippen LogP contribution in [0.1, 0.15) is 52.0 Å². The lowest BCUT2D eigenvalue weighted by Crippen LogP contribution is -2.60. The van der Waals surface area contributed by atoms with E-state index in [-0.39, 0.29) is 18.1 Å². The fourth-order valence-corrected chi connectivity index (χ4v) is 5.56. The van der Waals surface area contributed by atoms with Crippen molar-refractivity contribution in [2.24, 2.45) is 5.41 Å². The maximum atomic E-state index is 15.1. The standard InChI is InChI=1S/C25H37F2N3O2/c1-23(2,3)32-22(31)30-16-12-24(18-30)10-14-29(15-11-24)21-9-13-28(19-25(21,26)27)17-20-7-5-4-6-8-20/h4-8,21H,9-19H2,1-3H3. The van der Waals surface area contributed by atoms with Crippen molar-refractivity contribution in [3.8, 4) is 0 Å². The second-order valence-electron chi connectivity index (χ2n) is 10.9. The van der Waals surface area contributed by atoms with Crippen molar-refractivity contribution in [2.75, 3.05) is 39.3 Å². The quantitative estimate of drug-likeness (QED) is 0.675. The molecule has 0 saturated carbocycles. The van der Waals surface area contributed by atoms with Gasteiger partial charge in [0, 0.05) is 26.2 Å². The van der Waals surface area contributed by atoms with E-state index in [1.807, 2.05) is 60.9 Å². The Morgan fingerprint density at radius 2 is 1.69 bits per heavy atom. The summed E-state index contributed by atoms with van der Waals surface area (Å²) in [5.74, 6) is -2.71. The Bertz CT molecular complexity index is 788. The minimum absolute atomic E-state index is 0.0523. The maximum absolute atomic E-state index is 15.1. The second-order valence-corrected chi connectivity index (χ2v) is 10.9. The molecule has 3 saturated heterocycles. The summed E-state index contributed by atoms with van der Waals surface area (Å²) >= 11 is 0. The summed E-state index contributed by atoms with van der Waals surface area (Å²) in [6, 6.07) is 9.17. The highest BCUT2D eigenvalue weighted by Crippen LogP contribution is 2.43. The molecule has 178 valence electrons. The highest BCUT2D eigenvalue weighted by Gasteiger charge is 2.50. The molecule has 3 heterocycles. The van der Waals surface area contributed by atoms with Crippen molar-refractivity contribution in [2.45, 2.75) is 70.6 Å². The van der Waals surface area contributed by atoms with Crippen LogP contribution in [0.15, 0.2) is 30.3 Å². The molecule has 1 aromatic carbocycles. The molecule has 4 rings (SSSR count). The Kier molecular flexibility index (Phi) is 6.52. The second kappa shape index (κ2) is 8.90. The number of likely N-dealkylation sites (tertiary alicyclic amines) is 3. The lowest BCUT2D eigenvalue weighted by Gasteiger charge is -2.48. The Hall–Kier alpha value is -1.73. The van der Waals surface area contributed by atoms with Crippen LogP contribution < -0.4 is 0 Å². The van der Waals surface area contributed by atoms with Crippen molar-refractivity contribution >= 4 is 6.09 Å². The van der Waals surface area contributed by atoms with Crippen LogP contribution in [0.2, 0.25) is 0 Å². The van der Waals surface area contributed by atoms with Crippen LogP contribution >= 0.6 is 0 Å². The fourth-order valence-electron chi connectivity index (χ4n) is 5.56. The van der Waals surface area contributed by atoms with Gasteiger partial charge in [-0.15, -0.1) is 0 Å². The summed E-state index contributed by atoms with van der Waals surface area (Å²) in [6.45, 7) is 9.46. The third kappa shape index (κ3) is 5.42. The molecule has 1 amide bonds. The number of halogens is 2. The predicted molar refractivity (Wildman–Crippen MR) is 121 cm³/mol. The van der Waals surface area contributed by atoms with Crippen molar-refractivity contribution in [1.82, 2.24) is 14.7 Å². The van der Waals surface area contributed by atoms with Gasteiger partial charge in [0.15, 0.2) is 0 Å². The Morgan fingerprint density at radius 3 is 2.31 bits per heavy atom. The topological polar surface area (TPSA) is 36.0 Å². The van der Waals surface area contributed by atoms with Crippen molar-refractivity contribution in [3.63, 3.8) is 0 Å². The summed E-state index contributed by atoms with van der Waals surface area (Å²) in [4.78, 5) is 18.1. The molecule has 1 atom stereocenters. The number of hydrogen-bond acceptors (Lipinski definition) is 4. The summed E-state index contributed by atoms with van der Waals surface area (Å²) in [7, 11) is 0. The van der Waals surface area contributed by atoms with Gasteiger partial charge in [0.05, 0.1) is 12.6 Å². The van der Waals surface area contributed by atoms with E-state index < -0.39 is 17.6 Å². The Balaban J connectivity index is 1.29. The molecule has 0 aromatic heterocycles. The fraction of sp³-hybridized carbons (Fsp3) is 0.720. The average Bonchev–Trinajstić information content (AvgIpc) is 3.12. The molecule has 0 N–H and O–H groups in total. The Morgan fingerprint density at radius 1 is 1.03 bits per heavy atom. The molecule has 3 aliphatic rings. The van der Waals surface area contributed by atoms with Crippen molar-refractivity contribution in [3.05, 3.63) is 35.9 Å². The van der Waals surface area contributed by atoms with Gasteiger partial charge < -0.3 is 9.64 Å². The number of ether oxygens (including phenoxy) is 1. The molecule has 1 unspecified atom stereocenters. The van der Waals surface area contributed by atoms with Gasteiger partial charge in [0.2, 0.25) is 0 Å². The molecule has 0 bridgehead atoms. The normalized spacial score (nSPS) is 26.4. The number of hydrogen-bond donors (Lipinski definition) is 0. The van der Waals surface area contributed by atoms with Gasteiger partial charge in [-0.05, 0) is 70.5 Å². The SMILES string of the molecule is CC(C)(C)OC(=O)N1CCC2(CCN(C3CCN(Cc4ccccc4)CC3(F)F)CC2)C1. The number of piperidine rings is 2. The van der Waals surface area contributed by atoms with Gasteiger partial charge in [-0.1, -0.05) is 30.3 Å². The van der Waals surface area contributed by atoms with Gasteiger partial charge in [0.1, 0.15) is 5.60 Å². The number of rotatable bonds is 3. The molecule has 3 aliphatic heterocycles. The van der Waals surface area contributed by atoms with E-state index in [1.54, 1.807) is 4.90 Å². The summed E-state index contributed by atoms with van der Waals surface area (Å²) in [5.41, 5.74) is 0.630. The number of carbonyl (C=O) groups excluding carboxylic acids is 1. The van der Waals surface area contributed by atoms with Crippen LogP contribution in [-0.2, 0) is 11.3 Å². The summed E-state index contributed by atoms with van der Waals surface area (Å²) in [5, 5.41) is 0. The average molecular weight is 450 g/mol. The predicted octanol–water partition coefficient (Wildman–Crippen LogP) is 4.62. The number of nitrogens with zero attached hydrogens (tertiary/aromatic N) is 3. The third-order valence-electron chi connectivity index (χ3n) is 7.28. The van der Waals surface area contributed by atoms with Gasteiger partial charge in [-0.25, -0.2) is 13.6 Å². The molecule has 0 radical (unpaired) electrons. The van der Waals surface area contributed by atoms with Crippen LogP contribution in [0.5, 0.6) is 0 Å². The van der Waals surface area contributed by atoms with E-state index in [1.165, 1.54) is 0 Å². The largest absolute Gasteiger partial charge is 0.444 e. The first kappa shape index (κ1) is 23.4. The molecule has 1 spiro atoms. The van der Waals surface area contributed by atoms with Gasteiger partial charge in [-0.3, -0.25) is 9.80 Å². The van der Waals surface area contributed by atoms with E-state index in [4.69, 9.17) is 4.74 Å². The van der Waals surface area contributed by atoms with E-state index >= 15 is 8.78 Å². The zero-order valence-electron chi connectivity index (χ0n) is 19.7. The van der Waals surface area contributed by atoms with E-state index in [9.17, 15) is 4.79 Å². The number of benzene rings is 1. The van der Waals surface area contributed by atoms with E-state index in [2.05, 4.69) is 0 Å². The van der Waals surface area contributed by atoms with Gasteiger partial charge in [0.25, 0.3) is 5.92 Å². The highest BCUT2D eigenvalue weighted by atomic mass is 19.3. The first-order chi connectivity index (χ1) is 15.1. The number of carbonyl (C=O) groups is 1. The molecule has 1 aromatic rings. The molecule has 32 heavy (non-hydrogen) atoms. The molecule has 5 nitrogen and oxygen atoms in total. The van der Waals surface area contributed by atoms with Crippen molar-refractivity contribution < 1.29 is 18.3 Å². The van der Waals surface area contributed by atoms with Gasteiger partial charge >= 0.3 is 6.09 Å². The van der Waals surface area contributed by atoms with Crippen LogP contribution in [-0.4, -0.2) is 77.6 Å².